The Kier molecular flexibility index (Phi) is 28.4. The first-order chi connectivity index (χ1) is 24.1. The van der Waals surface area contributed by atoms with Crippen LogP contribution in [-0.2, 0) is 0 Å². The van der Waals surface area contributed by atoms with Crippen LogP contribution in [0.4, 0.5) is 0 Å². The molecule has 0 amide bonds. The zero-order valence-electron chi connectivity index (χ0n) is 33.1. The van der Waals surface area contributed by atoms with Crippen LogP contribution >= 0.6 is 21.6 Å². The average Bonchev–Trinajstić information content (AvgIpc) is 3.14. The van der Waals surface area contributed by atoms with Crippen molar-refractivity contribution in [3.05, 3.63) is 59.7 Å². The molecule has 286 valence electrons. The fourth-order valence-electron chi connectivity index (χ4n) is 6.09. The second-order valence-electron chi connectivity index (χ2n) is 13.5. The number of carboxylic acid groups (broad SMARTS) is 2. The number of unbranched alkanes of at least 4 members (excludes halogenated alkanes) is 6. The molecule has 0 radical (unpaired) electrons. The third-order valence-electron chi connectivity index (χ3n) is 9.69. The molecule has 0 aliphatic heterocycles. The van der Waals surface area contributed by atoms with E-state index in [1.165, 1.54) is 151 Å². The summed E-state index contributed by atoms with van der Waals surface area (Å²) in [4.78, 5) is 23.0. The Bertz CT molecular complexity index is 1030. The molecule has 0 saturated carbocycles. The van der Waals surface area contributed by atoms with Gasteiger partial charge in [-0.25, -0.2) is 0 Å². The van der Waals surface area contributed by atoms with Crippen molar-refractivity contribution in [2.45, 2.75) is 142 Å². The monoisotopic (exact) mass is 732 g/mol. The lowest BCUT2D eigenvalue weighted by atomic mass is 10.1. The van der Waals surface area contributed by atoms with Crippen molar-refractivity contribution in [1.29, 1.82) is 0 Å². The average molecular weight is 733 g/mol. The summed E-state index contributed by atoms with van der Waals surface area (Å²) in [6.07, 6.45) is 16.5. The van der Waals surface area contributed by atoms with Gasteiger partial charge in [0, 0.05) is 20.9 Å². The predicted octanol–water partition coefficient (Wildman–Crippen LogP) is 9.66. The van der Waals surface area contributed by atoms with E-state index in [0.29, 0.717) is 9.79 Å². The van der Waals surface area contributed by atoms with E-state index in [9.17, 15) is 19.8 Å². The van der Waals surface area contributed by atoms with Crippen molar-refractivity contribution in [3.8, 4) is 0 Å². The number of carbonyl (C=O) groups is 2. The van der Waals surface area contributed by atoms with Crippen molar-refractivity contribution in [3.63, 3.8) is 0 Å². The van der Waals surface area contributed by atoms with Crippen LogP contribution in [0.15, 0.2) is 58.3 Å². The predicted molar refractivity (Wildman–Crippen MR) is 214 cm³/mol. The smallest absolute Gasteiger partial charge is 0.0786 e. The lowest BCUT2D eigenvalue weighted by molar-refractivity contribution is -0.927. The number of aromatic carboxylic acids is 2. The molecule has 0 aliphatic carbocycles. The van der Waals surface area contributed by atoms with Gasteiger partial charge in [-0.15, -0.1) is 0 Å². The third-order valence-corrected chi connectivity index (χ3v) is 12.2. The first kappa shape index (κ1) is 48.0. The molecule has 0 spiro atoms. The summed E-state index contributed by atoms with van der Waals surface area (Å²) >= 11 is 0. The van der Waals surface area contributed by atoms with Crippen molar-refractivity contribution >= 4 is 33.5 Å². The van der Waals surface area contributed by atoms with E-state index in [0.717, 1.165) is 21.6 Å². The van der Waals surface area contributed by atoms with Gasteiger partial charge in [0.1, 0.15) is 0 Å². The van der Waals surface area contributed by atoms with Crippen LogP contribution in [0.1, 0.15) is 153 Å². The van der Waals surface area contributed by atoms with Gasteiger partial charge in [-0.3, -0.25) is 0 Å². The molecule has 0 fully saturated rings. The van der Waals surface area contributed by atoms with Crippen LogP contribution in [0.25, 0.3) is 0 Å². The lowest BCUT2D eigenvalue weighted by Gasteiger charge is -2.38. The molecule has 0 N–H and O–H groups in total. The first-order valence-electron chi connectivity index (χ1n) is 19.7. The van der Waals surface area contributed by atoms with Gasteiger partial charge in [0.15, 0.2) is 0 Å². The fraction of sp³-hybridized carbons (Fsp3) is 0.667. The van der Waals surface area contributed by atoms with E-state index in [1.54, 1.807) is 36.4 Å². The second-order valence-corrected chi connectivity index (χ2v) is 15.7. The van der Waals surface area contributed by atoms with Crippen molar-refractivity contribution in [2.75, 3.05) is 52.4 Å². The molecule has 2 rings (SSSR count). The van der Waals surface area contributed by atoms with E-state index in [2.05, 4.69) is 55.4 Å². The Morgan fingerprint density at radius 3 is 0.900 bits per heavy atom. The maximum absolute atomic E-state index is 11.0. The van der Waals surface area contributed by atoms with Crippen LogP contribution in [0.2, 0.25) is 0 Å². The van der Waals surface area contributed by atoms with Crippen LogP contribution in [0.5, 0.6) is 0 Å². The maximum atomic E-state index is 11.0. The highest BCUT2D eigenvalue weighted by atomic mass is 33.1. The number of hydrogen-bond donors (Lipinski definition) is 0. The molecule has 0 aliphatic rings. The van der Waals surface area contributed by atoms with Gasteiger partial charge >= 0.3 is 0 Å². The van der Waals surface area contributed by atoms with Gasteiger partial charge in [-0.1, -0.05) is 138 Å². The quantitative estimate of drug-likeness (QED) is 0.0747. The standard InChI is InChI=1S/2C14H32N.C14H10O4S2/c2*1-5-9-12-15(8-4,13-10-6-2)14-11-7-3;15-13(16)9-5-1-3-7-11(9)19-20-12-8-4-2-6-10(12)14(17)18/h2*5-14H2,1-4H3;1-8H,(H,15,16)(H,17,18)/q2*+1;/p-2. The molecule has 0 saturated heterocycles. The lowest BCUT2D eigenvalue weighted by Crippen LogP contribution is -2.49. The molecule has 6 nitrogen and oxygen atoms in total. The number of rotatable bonds is 25. The van der Waals surface area contributed by atoms with Gasteiger partial charge in [0.25, 0.3) is 0 Å². The summed E-state index contributed by atoms with van der Waals surface area (Å²) in [6.45, 7) is 29.7. The number of benzene rings is 2. The van der Waals surface area contributed by atoms with Gasteiger partial charge < -0.3 is 28.8 Å². The maximum Gasteiger partial charge on any atom is 0.0786 e. The zero-order valence-corrected chi connectivity index (χ0v) is 34.7. The Hall–Kier alpha value is -2.00. The van der Waals surface area contributed by atoms with Gasteiger partial charge in [0.2, 0.25) is 0 Å². The van der Waals surface area contributed by atoms with Gasteiger partial charge in [0.05, 0.1) is 64.3 Å². The number of quaternary nitrogens is 2. The zero-order chi connectivity index (χ0) is 37.7. The van der Waals surface area contributed by atoms with E-state index in [-0.39, 0.29) is 11.1 Å². The van der Waals surface area contributed by atoms with Gasteiger partial charge in [-0.05, 0) is 64.5 Å². The summed E-state index contributed by atoms with van der Waals surface area (Å²) < 4.78 is 2.77. The minimum atomic E-state index is -1.26. The largest absolute Gasteiger partial charge is 0.545 e. The molecule has 0 atom stereocenters. The summed E-state index contributed by atoms with van der Waals surface area (Å²) in [5.74, 6) is -2.52. The second kappa shape index (κ2) is 29.6. The minimum Gasteiger partial charge on any atom is -0.545 e. The summed E-state index contributed by atoms with van der Waals surface area (Å²) in [5.41, 5.74) is 0.159. The molecule has 0 heterocycles. The molecule has 0 unspecified atom stereocenters. The number of nitrogens with zero attached hydrogens (tertiary/aromatic N) is 2. The molecule has 0 aromatic heterocycles. The fourth-order valence-corrected chi connectivity index (χ4v) is 8.43. The Morgan fingerprint density at radius 2 is 0.700 bits per heavy atom. The van der Waals surface area contributed by atoms with E-state index >= 15 is 0 Å². The molecule has 2 aromatic rings. The summed E-state index contributed by atoms with van der Waals surface area (Å²) in [6, 6.07) is 12.8. The highest BCUT2D eigenvalue weighted by Crippen LogP contribution is 2.40. The molecule has 8 heteroatoms. The van der Waals surface area contributed by atoms with Crippen molar-refractivity contribution in [1.82, 2.24) is 0 Å². The SMILES string of the molecule is CCCC[N+](CC)(CCCC)CCCC.CCCC[N+](CC)(CCCC)CCCC.O=C([O-])c1ccccc1SSc1ccccc1C(=O)[O-]. The van der Waals surface area contributed by atoms with Crippen LogP contribution in [0, 0.1) is 0 Å². The molecule has 0 bridgehead atoms. The Labute approximate surface area is 315 Å². The van der Waals surface area contributed by atoms with E-state index < -0.39 is 11.9 Å². The first-order valence-corrected chi connectivity index (χ1v) is 21.9. The molecule has 2 aromatic carbocycles. The highest BCUT2D eigenvalue weighted by Gasteiger charge is 2.24. The van der Waals surface area contributed by atoms with E-state index in [4.69, 9.17) is 0 Å². The van der Waals surface area contributed by atoms with Crippen molar-refractivity contribution < 1.29 is 28.8 Å². The van der Waals surface area contributed by atoms with Crippen LogP contribution < -0.4 is 10.2 Å². The minimum absolute atomic E-state index is 0.0796. The van der Waals surface area contributed by atoms with Gasteiger partial charge in [-0.2, -0.15) is 0 Å². The number of hydrogen-bond acceptors (Lipinski definition) is 6. The Morgan fingerprint density at radius 1 is 0.460 bits per heavy atom. The van der Waals surface area contributed by atoms with Crippen LogP contribution in [-0.4, -0.2) is 73.3 Å². The number of carbonyl (C=O) groups excluding carboxylic acids is 2. The molecular formula is C42H72N2O4S2. The summed E-state index contributed by atoms with van der Waals surface area (Å²) in [5, 5.41) is 21.9. The number of carboxylic acids is 2. The highest BCUT2D eigenvalue weighted by molar-refractivity contribution is 8.76. The van der Waals surface area contributed by atoms with E-state index in [1.807, 2.05) is 0 Å². The topological polar surface area (TPSA) is 80.3 Å². The Balaban J connectivity index is 0.000000735. The third kappa shape index (κ3) is 19.6. The normalized spacial score (nSPS) is 11.3. The van der Waals surface area contributed by atoms with Crippen molar-refractivity contribution in [2.24, 2.45) is 0 Å². The van der Waals surface area contributed by atoms with Crippen LogP contribution in [0.3, 0.4) is 0 Å². The molecular weight excluding hydrogens is 661 g/mol. The molecule has 50 heavy (non-hydrogen) atoms. The summed E-state index contributed by atoms with van der Waals surface area (Å²) in [7, 11) is 2.33.